The van der Waals surface area contributed by atoms with Gasteiger partial charge in [0.1, 0.15) is 0 Å². The Bertz CT molecular complexity index is 689. The van der Waals surface area contributed by atoms with Crippen LogP contribution in [0.3, 0.4) is 0 Å². The number of nitrogens with zero attached hydrogens (tertiary/aromatic N) is 1. The molecule has 2 fully saturated rings. The van der Waals surface area contributed by atoms with Crippen molar-refractivity contribution in [3.05, 3.63) is 45.9 Å². The fourth-order valence-electron chi connectivity index (χ4n) is 3.99. The Hall–Kier alpha value is -1.59. The second kappa shape index (κ2) is 6.73. The first-order chi connectivity index (χ1) is 11.7. The van der Waals surface area contributed by atoms with Gasteiger partial charge in [-0.25, -0.2) is 0 Å². The lowest BCUT2D eigenvalue weighted by Crippen LogP contribution is -2.41. The van der Waals surface area contributed by atoms with E-state index in [1.165, 1.54) is 30.6 Å². The molecule has 0 spiro atoms. The first-order valence-electron chi connectivity index (χ1n) is 8.93. The number of carbonyl (C=O) groups is 1. The lowest BCUT2D eigenvalue weighted by molar-refractivity contribution is 0.0894. The number of piperidine rings is 1. The minimum absolute atomic E-state index is 0.0799. The highest BCUT2D eigenvalue weighted by molar-refractivity contribution is 7.10. The van der Waals surface area contributed by atoms with Crippen molar-refractivity contribution in [2.24, 2.45) is 5.92 Å². The summed E-state index contributed by atoms with van der Waals surface area (Å²) in [7, 11) is 2.20. The van der Waals surface area contributed by atoms with Gasteiger partial charge in [0.05, 0.1) is 5.56 Å². The summed E-state index contributed by atoms with van der Waals surface area (Å²) in [6.07, 6.45) is 6.68. The monoisotopic (exact) mass is 343 g/mol. The maximum atomic E-state index is 12.6. The van der Waals surface area contributed by atoms with Gasteiger partial charge in [0.15, 0.2) is 0 Å². The van der Waals surface area contributed by atoms with Crippen LogP contribution in [0.15, 0.2) is 29.8 Å². The maximum Gasteiger partial charge on any atom is 0.253 e. The SMILES string of the molecule is CN1CCC[C@H](CNC(=O)c2cc[nH]c2C2CC2)[C@H]1c1cccs1. The molecule has 128 valence electrons. The van der Waals surface area contributed by atoms with E-state index in [-0.39, 0.29) is 5.91 Å². The van der Waals surface area contributed by atoms with Crippen molar-refractivity contribution < 1.29 is 4.79 Å². The zero-order valence-electron chi connectivity index (χ0n) is 14.1. The first-order valence-corrected chi connectivity index (χ1v) is 9.81. The summed E-state index contributed by atoms with van der Waals surface area (Å²) in [5.41, 5.74) is 1.97. The smallest absolute Gasteiger partial charge is 0.253 e. The summed E-state index contributed by atoms with van der Waals surface area (Å²) in [4.78, 5) is 19.7. The van der Waals surface area contributed by atoms with Crippen molar-refractivity contribution in [1.29, 1.82) is 0 Å². The average Bonchev–Trinajstić information content (AvgIpc) is 3.09. The van der Waals surface area contributed by atoms with Crippen LogP contribution in [0.2, 0.25) is 0 Å². The number of carbonyl (C=O) groups excluding carboxylic acids is 1. The molecule has 3 heterocycles. The molecular weight excluding hydrogens is 318 g/mol. The normalized spacial score (nSPS) is 24.9. The van der Waals surface area contributed by atoms with Gasteiger partial charge in [0.2, 0.25) is 0 Å². The number of rotatable bonds is 5. The van der Waals surface area contributed by atoms with Crippen LogP contribution < -0.4 is 5.32 Å². The van der Waals surface area contributed by atoms with E-state index in [2.05, 4.69) is 39.8 Å². The van der Waals surface area contributed by atoms with Crippen LogP contribution in [0, 0.1) is 5.92 Å². The van der Waals surface area contributed by atoms with E-state index in [1.54, 1.807) is 0 Å². The summed E-state index contributed by atoms with van der Waals surface area (Å²) >= 11 is 1.82. The van der Waals surface area contributed by atoms with E-state index in [0.29, 0.717) is 17.9 Å². The molecule has 0 bridgehead atoms. The predicted octanol–water partition coefficient (Wildman–Crippen LogP) is 3.77. The van der Waals surface area contributed by atoms with E-state index in [1.807, 2.05) is 23.6 Å². The summed E-state index contributed by atoms with van der Waals surface area (Å²) in [5.74, 6) is 1.13. The van der Waals surface area contributed by atoms with Crippen LogP contribution in [0.1, 0.15) is 58.6 Å². The third kappa shape index (κ3) is 3.15. The Morgan fingerprint density at radius 3 is 3.00 bits per heavy atom. The Balaban J connectivity index is 1.43. The molecule has 24 heavy (non-hydrogen) atoms. The molecule has 0 aromatic carbocycles. The van der Waals surface area contributed by atoms with Crippen molar-refractivity contribution in [2.45, 2.75) is 37.6 Å². The molecular formula is C19H25N3OS. The minimum atomic E-state index is 0.0799. The minimum Gasteiger partial charge on any atom is -0.364 e. The topological polar surface area (TPSA) is 48.1 Å². The van der Waals surface area contributed by atoms with Crippen LogP contribution in [-0.2, 0) is 0 Å². The van der Waals surface area contributed by atoms with Crippen molar-refractivity contribution in [3.63, 3.8) is 0 Å². The molecule has 1 aliphatic heterocycles. The van der Waals surface area contributed by atoms with Crippen molar-refractivity contribution in [1.82, 2.24) is 15.2 Å². The van der Waals surface area contributed by atoms with E-state index >= 15 is 0 Å². The molecule has 2 aromatic heterocycles. The van der Waals surface area contributed by atoms with Gasteiger partial charge >= 0.3 is 0 Å². The molecule has 2 aromatic rings. The molecule has 1 amide bonds. The highest BCUT2D eigenvalue weighted by Gasteiger charge is 2.32. The van der Waals surface area contributed by atoms with Crippen LogP contribution in [0.4, 0.5) is 0 Å². The zero-order valence-corrected chi connectivity index (χ0v) is 14.9. The molecule has 0 radical (unpaired) electrons. The Kier molecular flexibility index (Phi) is 4.46. The van der Waals surface area contributed by atoms with Crippen molar-refractivity contribution in [2.75, 3.05) is 20.1 Å². The van der Waals surface area contributed by atoms with Crippen LogP contribution in [0.25, 0.3) is 0 Å². The molecule has 2 atom stereocenters. The van der Waals surface area contributed by atoms with Crippen LogP contribution >= 0.6 is 11.3 Å². The van der Waals surface area contributed by atoms with Gasteiger partial charge in [-0.15, -0.1) is 11.3 Å². The number of likely N-dealkylation sites (tertiary alicyclic amines) is 1. The highest BCUT2D eigenvalue weighted by atomic mass is 32.1. The number of nitrogens with one attached hydrogen (secondary N) is 2. The predicted molar refractivity (Wildman–Crippen MR) is 97.5 cm³/mol. The van der Waals surface area contributed by atoms with Gasteiger partial charge in [0.25, 0.3) is 5.91 Å². The van der Waals surface area contributed by atoms with Crippen LogP contribution in [0.5, 0.6) is 0 Å². The fourth-order valence-corrected chi connectivity index (χ4v) is 4.97. The second-order valence-electron chi connectivity index (χ2n) is 7.13. The lowest BCUT2D eigenvalue weighted by atomic mass is 9.88. The third-order valence-electron chi connectivity index (χ3n) is 5.38. The molecule has 2 aliphatic rings. The van der Waals surface area contributed by atoms with Gasteiger partial charge in [-0.2, -0.15) is 0 Å². The number of amides is 1. The van der Waals surface area contributed by atoms with E-state index in [0.717, 1.165) is 24.3 Å². The Morgan fingerprint density at radius 1 is 1.38 bits per heavy atom. The Labute approximate surface area is 147 Å². The standard InChI is InChI=1S/C19H25N3OS/c1-22-10-2-4-14(18(22)16-5-3-11-24-16)12-21-19(23)15-8-9-20-17(15)13-6-7-13/h3,5,8-9,11,13-14,18,20H,2,4,6-7,10,12H2,1H3,(H,21,23)/t14-,18+/m1/s1. The second-order valence-corrected chi connectivity index (χ2v) is 8.11. The highest BCUT2D eigenvalue weighted by Crippen LogP contribution is 2.41. The molecule has 1 saturated heterocycles. The van der Waals surface area contributed by atoms with E-state index in [4.69, 9.17) is 0 Å². The molecule has 4 nitrogen and oxygen atoms in total. The third-order valence-corrected chi connectivity index (χ3v) is 6.32. The number of thiophene rings is 1. The molecule has 4 rings (SSSR count). The quantitative estimate of drug-likeness (QED) is 0.868. The van der Waals surface area contributed by atoms with Crippen LogP contribution in [-0.4, -0.2) is 35.9 Å². The fraction of sp³-hybridized carbons (Fsp3) is 0.526. The summed E-state index contributed by atoms with van der Waals surface area (Å²) in [5, 5.41) is 5.36. The number of aromatic nitrogens is 1. The van der Waals surface area contributed by atoms with Gasteiger partial charge in [-0.3, -0.25) is 9.69 Å². The molecule has 0 unspecified atom stereocenters. The van der Waals surface area contributed by atoms with Crippen molar-refractivity contribution >= 4 is 17.2 Å². The van der Waals surface area contributed by atoms with Gasteiger partial charge in [-0.1, -0.05) is 6.07 Å². The van der Waals surface area contributed by atoms with Gasteiger partial charge < -0.3 is 10.3 Å². The number of H-pyrrole nitrogens is 1. The van der Waals surface area contributed by atoms with E-state index < -0.39 is 0 Å². The molecule has 2 N–H and O–H groups in total. The number of aromatic amines is 1. The first kappa shape index (κ1) is 15.9. The Morgan fingerprint density at radius 2 is 2.25 bits per heavy atom. The molecule has 5 heteroatoms. The maximum absolute atomic E-state index is 12.6. The average molecular weight is 343 g/mol. The summed E-state index contributed by atoms with van der Waals surface area (Å²) in [6.45, 7) is 1.89. The van der Waals surface area contributed by atoms with Gasteiger partial charge in [0, 0.05) is 29.4 Å². The number of hydrogen-bond donors (Lipinski definition) is 2. The zero-order chi connectivity index (χ0) is 16.5. The van der Waals surface area contributed by atoms with Crippen molar-refractivity contribution in [3.8, 4) is 0 Å². The summed E-state index contributed by atoms with van der Waals surface area (Å²) in [6, 6.07) is 6.70. The molecule has 1 saturated carbocycles. The number of hydrogen-bond acceptors (Lipinski definition) is 3. The van der Waals surface area contributed by atoms with E-state index in [9.17, 15) is 4.79 Å². The largest absolute Gasteiger partial charge is 0.364 e. The molecule has 1 aliphatic carbocycles. The van der Waals surface area contributed by atoms with Gasteiger partial charge in [-0.05, 0) is 68.6 Å². The summed E-state index contributed by atoms with van der Waals surface area (Å²) < 4.78 is 0. The lowest BCUT2D eigenvalue weighted by Gasteiger charge is -2.38.